The molecule has 4 heteroatoms. The highest BCUT2D eigenvalue weighted by Crippen LogP contribution is 2.34. The monoisotopic (exact) mass is 250 g/mol. The SMILES string of the molecule is COc1ccc(C)cc1C(NN)C1CCCOC1. The van der Waals surface area contributed by atoms with Gasteiger partial charge in [-0.2, -0.15) is 0 Å². The fraction of sp³-hybridized carbons (Fsp3) is 0.571. The third kappa shape index (κ3) is 2.83. The summed E-state index contributed by atoms with van der Waals surface area (Å²) in [5.41, 5.74) is 5.26. The minimum atomic E-state index is 0.0835. The van der Waals surface area contributed by atoms with E-state index in [1.54, 1.807) is 7.11 Å². The second kappa shape index (κ2) is 6.18. The van der Waals surface area contributed by atoms with Gasteiger partial charge in [-0.05, 0) is 25.8 Å². The Labute approximate surface area is 108 Å². The Hall–Kier alpha value is -1.10. The topological polar surface area (TPSA) is 56.5 Å². The Morgan fingerprint density at radius 3 is 2.94 bits per heavy atom. The van der Waals surface area contributed by atoms with Gasteiger partial charge >= 0.3 is 0 Å². The lowest BCUT2D eigenvalue weighted by Gasteiger charge is -2.31. The van der Waals surface area contributed by atoms with E-state index in [-0.39, 0.29) is 6.04 Å². The molecule has 1 aliphatic rings. The first-order chi connectivity index (χ1) is 8.76. The van der Waals surface area contributed by atoms with E-state index in [9.17, 15) is 0 Å². The molecular formula is C14H22N2O2. The number of nitrogens with two attached hydrogens (primary N) is 1. The van der Waals surface area contributed by atoms with Gasteiger partial charge in [-0.15, -0.1) is 0 Å². The van der Waals surface area contributed by atoms with E-state index in [1.807, 2.05) is 12.1 Å². The number of hydrazine groups is 1. The fourth-order valence-corrected chi connectivity index (χ4v) is 2.61. The van der Waals surface area contributed by atoms with Crippen molar-refractivity contribution in [2.24, 2.45) is 11.8 Å². The van der Waals surface area contributed by atoms with Crippen molar-refractivity contribution in [1.82, 2.24) is 5.43 Å². The lowest BCUT2D eigenvalue weighted by Crippen LogP contribution is -2.37. The summed E-state index contributed by atoms with van der Waals surface area (Å²) in [5, 5.41) is 0. The van der Waals surface area contributed by atoms with Crippen LogP contribution in [0.2, 0.25) is 0 Å². The van der Waals surface area contributed by atoms with Crippen molar-refractivity contribution in [3.63, 3.8) is 0 Å². The van der Waals surface area contributed by atoms with Crippen molar-refractivity contribution in [2.45, 2.75) is 25.8 Å². The molecule has 1 heterocycles. The Kier molecular flexibility index (Phi) is 4.58. The number of hydrogen-bond acceptors (Lipinski definition) is 4. The van der Waals surface area contributed by atoms with E-state index in [2.05, 4.69) is 18.4 Å². The zero-order valence-electron chi connectivity index (χ0n) is 11.1. The zero-order valence-corrected chi connectivity index (χ0v) is 11.1. The van der Waals surface area contributed by atoms with E-state index in [0.717, 1.165) is 37.4 Å². The van der Waals surface area contributed by atoms with E-state index in [0.29, 0.717) is 5.92 Å². The predicted molar refractivity (Wildman–Crippen MR) is 71.3 cm³/mol. The number of aryl methyl sites for hydroxylation is 1. The minimum Gasteiger partial charge on any atom is -0.496 e. The molecule has 0 amide bonds. The molecule has 0 aliphatic carbocycles. The van der Waals surface area contributed by atoms with E-state index in [4.69, 9.17) is 15.3 Å². The summed E-state index contributed by atoms with van der Waals surface area (Å²) >= 11 is 0. The van der Waals surface area contributed by atoms with Crippen LogP contribution in [0.1, 0.15) is 30.0 Å². The molecule has 1 aromatic carbocycles. The van der Waals surface area contributed by atoms with Gasteiger partial charge in [-0.25, -0.2) is 0 Å². The van der Waals surface area contributed by atoms with Crippen LogP contribution in [0.4, 0.5) is 0 Å². The molecule has 1 saturated heterocycles. The van der Waals surface area contributed by atoms with E-state index in [1.165, 1.54) is 5.56 Å². The average molecular weight is 250 g/mol. The van der Waals surface area contributed by atoms with Crippen molar-refractivity contribution in [3.8, 4) is 5.75 Å². The Balaban J connectivity index is 2.27. The van der Waals surface area contributed by atoms with Gasteiger partial charge in [-0.1, -0.05) is 17.7 Å². The van der Waals surface area contributed by atoms with Crippen molar-refractivity contribution in [1.29, 1.82) is 0 Å². The van der Waals surface area contributed by atoms with Crippen LogP contribution in [0.5, 0.6) is 5.75 Å². The Morgan fingerprint density at radius 1 is 1.50 bits per heavy atom. The molecule has 2 atom stereocenters. The molecule has 3 N–H and O–H groups in total. The summed E-state index contributed by atoms with van der Waals surface area (Å²) in [6.07, 6.45) is 2.23. The lowest BCUT2D eigenvalue weighted by atomic mass is 9.88. The summed E-state index contributed by atoms with van der Waals surface area (Å²) in [6, 6.07) is 6.27. The van der Waals surface area contributed by atoms with Crippen molar-refractivity contribution >= 4 is 0 Å². The van der Waals surface area contributed by atoms with E-state index < -0.39 is 0 Å². The lowest BCUT2D eigenvalue weighted by molar-refractivity contribution is 0.0386. The molecule has 100 valence electrons. The smallest absolute Gasteiger partial charge is 0.123 e. The van der Waals surface area contributed by atoms with Crippen LogP contribution >= 0.6 is 0 Å². The molecule has 0 spiro atoms. The number of nitrogens with one attached hydrogen (secondary N) is 1. The van der Waals surface area contributed by atoms with Crippen LogP contribution in [0, 0.1) is 12.8 Å². The maximum absolute atomic E-state index is 5.75. The second-order valence-corrected chi connectivity index (χ2v) is 4.87. The van der Waals surface area contributed by atoms with Crippen molar-refractivity contribution in [2.75, 3.05) is 20.3 Å². The summed E-state index contributed by atoms with van der Waals surface area (Å²) in [5.74, 6) is 7.03. The zero-order chi connectivity index (χ0) is 13.0. The number of benzene rings is 1. The maximum atomic E-state index is 5.75. The molecule has 0 aromatic heterocycles. The third-order valence-electron chi connectivity index (χ3n) is 3.57. The standard InChI is InChI=1S/C14H22N2O2/c1-10-5-6-13(17-2)12(8-10)14(16-15)11-4-3-7-18-9-11/h5-6,8,11,14,16H,3-4,7,9,15H2,1-2H3. The van der Waals surface area contributed by atoms with Crippen molar-refractivity contribution in [3.05, 3.63) is 29.3 Å². The van der Waals surface area contributed by atoms with Crippen LogP contribution in [0.15, 0.2) is 18.2 Å². The maximum Gasteiger partial charge on any atom is 0.123 e. The van der Waals surface area contributed by atoms with Gasteiger partial charge in [0.15, 0.2) is 0 Å². The predicted octanol–water partition coefficient (Wildman–Crippen LogP) is 1.93. The average Bonchev–Trinajstić information content (AvgIpc) is 2.41. The van der Waals surface area contributed by atoms with Crippen LogP contribution in [0.3, 0.4) is 0 Å². The van der Waals surface area contributed by atoms with E-state index >= 15 is 0 Å². The molecule has 1 aromatic rings. The number of methoxy groups -OCH3 is 1. The molecule has 0 radical (unpaired) electrons. The van der Waals surface area contributed by atoms with Crippen LogP contribution < -0.4 is 16.0 Å². The highest BCUT2D eigenvalue weighted by Gasteiger charge is 2.27. The largest absolute Gasteiger partial charge is 0.496 e. The number of rotatable bonds is 4. The van der Waals surface area contributed by atoms with Gasteiger partial charge in [0.2, 0.25) is 0 Å². The number of hydrogen-bond donors (Lipinski definition) is 2. The highest BCUT2D eigenvalue weighted by atomic mass is 16.5. The molecule has 0 bridgehead atoms. The summed E-state index contributed by atoms with van der Waals surface area (Å²) in [6.45, 7) is 3.69. The first-order valence-electron chi connectivity index (χ1n) is 6.44. The first-order valence-corrected chi connectivity index (χ1v) is 6.44. The van der Waals surface area contributed by atoms with Crippen molar-refractivity contribution < 1.29 is 9.47 Å². The van der Waals surface area contributed by atoms with Crippen LogP contribution in [-0.4, -0.2) is 20.3 Å². The van der Waals surface area contributed by atoms with Gasteiger partial charge in [0, 0.05) is 18.1 Å². The van der Waals surface area contributed by atoms with Gasteiger partial charge in [-0.3, -0.25) is 11.3 Å². The molecule has 2 unspecified atom stereocenters. The summed E-state index contributed by atoms with van der Waals surface area (Å²) in [7, 11) is 1.69. The van der Waals surface area contributed by atoms with Crippen LogP contribution in [-0.2, 0) is 4.74 Å². The quantitative estimate of drug-likeness (QED) is 0.633. The first kappa shape index (κ1) is 13.3. The molecule has 1 aliphatic heterocycles. The molecule has 18 heavy (non-hydrogen) atoms. The summed E-state index contributed by atoms with van der Waals surface area (Å²) < 4.78 is 11.0. The second-order valence-electron chi connectivity index (χ2n) is 4.87. The normalized spacial score (nSPS) is 21.6. The van der Waals surface area contributed by atoms with Gasteiger partial charge < -0.3 is 9.47 Å². The minimum absolute atomic E-state index is 0.0835. The molecule has 4 nitrogen and oxygen atoms in total. The fourth-order valence-electron chi connectivity index (χ4n) is 2.61. The molecule has 1 fully saturated rings. The van der Waals surface area contributed by atoms with Gasteiger partial charge in [0.05, 0.1) is 19.8 Å². The highest BCUT2D eigenvalue weighted by molar-refractivity contribution is 5.39. The number of ether oxygens (including phenoxy) is 2. The Morgan fingerprint density at radius 2 is 2.33 bits per heavy atom. The van der Waals surface area contributed by atoms with Gasteiger partial charge in [0.1, 0.15) is 5.75 Å². The molecular weight excluding hydrogens is 228 g/mol. The molecule has 0 saturated carbocycles. The Bertz CT molecular complexity index is 389. The van der Waals surface area contributed by atoms with Gasteiger partial charge in [0.25, 0.3) is 0 Å². The van der Waals surface area contributed by atoms with Crippen LogP contribution in [0.25, 0.3) is 0 Å². The summed E-state index contributed by atoms with van der Waals surface area (Å²) in [4.78, 5) is 0. The third-order valence-corrected chi connectivity index (χ3v) is 3.57. The molecule has 2 rings (SSSR count).